The van der Waals surface area contributed by atoms with Gasteiger partial charge in [-0.1, -0.05) is 48.2 Å². The Morgan fingerprint density at radius 1 is 0.820 bits per heavy atom. The van der Waals surface area contributed by atoms with Gasteiger partial charge in [-0.25, -0.2) is 5.01 Å². The number of nitrogens with zero attached hydrogens (tertiary/aromatic N) is 5. The Morgan fingerprint density at radius 2 is 1.58 bits per heavy atom. The molecule has 1 aromatic heterocycles. The predicted molar refractivity (Wildman–Crippen MR) is 190 cm³/mol. The third-order valence-electron chi connectivity index (χ3n) is 8.16. The van der Waals surface area contributed by atoms with Crippen molar-refractivity contribution in [2.45, 2.75) is 24.2 Å². The van der Waals surface area contributed by atoms with Crippen LogP contribution in [0, 0.1) is 0 Å². The largest absolute Gasteiger partial charge is 0.497 e. The standard InChI is InChI=1S/C37H36N6O6S/c1-46-27-18-16-24(17-19-27)30-21-31(29-14-9-15-32(48-3)35(29)49-4)43(41-30)34(44)23-50-37-40-39-33(42(37)26-11-6-5-7-12-26)22-38-36(45)25-10-8-13-28(20-25)47-2/h5-20,31H,21-23H2,1-4H3,(H,38,45)/t31-/m1/s1. The van der Waals surface area contributed by atoms with Gasteiger partial charge in [0.15, 0.2) is 22.5 Å². The lowest BCUT2D eigenvalue weighted by atomic mass is 9.97. The van der Waals surface area contributed by atoms with Gasteiger partial charge in [0, 0.05) is 23.2 Å². The minimum atomic E-state index is -0.445. The number of benzene rings is 4. The lowest BCUT2D eigenvalue weighted by molar-refractivity contribution is -0.130. The lowest BCUT2D eigenvalue weighted by Crippen LogP contribution is -2.29. The fourth-order valence-electron chi connectivity index (χ4n) is 5.68. The van der Waals surface area contributed by atoms with E-state index < -0.39 is 6.04 Å². The number of rotatable bonds is 13. The number of hydrazone groups is 1. The van der Waals surface area contributed by atoms with Gasteiger partial charge in [0.25, 0.3) is 11.8 Å². The summed E-state index contributed by atoms with van der Waals surface area (Å²) in [6, 6.07) is 29.2. The first-order valence-corrected chi connectivity index (χ1v) is 16.7. The van der Waals surface area contributed by atoms with Crippen molar-refractivity contribution < 1.29 is 28.5 Å². The number of hydrogen-bond acceptors (Lipinski definition) is 10. The van der Waals surface area contributed by atoms with Crippen molar-refractivity contribution in [3.8, 4) is 28.7 Å². The number of amides is 2. The van der Waals surface area contributed by atoms with Crippen molar-refractivity contribution in [1.29, 1.82) is 0 Å². The molecular weight excluding hydrogens is 657 g/mol. The molecule has 1 aliphatic rings. The van der Waals surface area contributed by atoms with E-state index in [4.69, 9.17) is 24.0 Å². The van der Waals surface area contributed by atoms with Crippen molar-refractivity contribution in [2.75, 3.05) is 34.2 Å². The zero-order chi connectivity index (χ0) is 35.0. The average Bonchev–Trinajstić information content (AvgIpc) is 3.81. The summed E-state index contributed by atoms with van der Waals surface area (Å²) in [5.74, 6) is 2.42. The summed E-state index contributed by atoms with van der Waals surface area (Å²) in [6.45, 7) is 0.103. The van der Waals surface area contributed by atoms with E-state index >= 15 is 0 Å². The highest BCUT2D eigenvalue weighted by Crippen LogP contribution is 2.42. The number of carbonyl (C=O) groups is 2. The lowest BCUT2D eigenvalue weighted by Gasteiger charge is -2.24. The molecule has 1 aliphatic heterocycles. The summed E-state index contributed by atoms with van der Waals surface area (Å²) in [6.07, 6.45) is 0.462. The van der Waals surface area contributed by atoms with Crippen LogP contribution in [0.4, 0.5) is 0 Å². The first kappa shape index (κ1) is 34.1. The van der Waals surface area contributed by atoms with E-state index in [1.54, 1.807) is 52.7 Å². The van der Waals surface area contributed by atoms with Gasteiger partial charge >= 0.3 is 0 Å². The van der Waals surface area contributed by atoms with E-state index in [2.05, 4.69) is 15.5 Å². The van der Waals surface area contributed by atoms with Crippen molar-refractivity contribution >= 4 is 29.3 Å². The van der Waals surface area contributed by atoms with Gasteiger partial charge in [-0.3, -0.25) is 14.2 Å². The van der Waals surface area contributed by atoms with Crippen LogP contribution >= 0.6 is 11.8 Å². The average molecular weight is 693 g/mol. The van der Waals surface area contributed by atoms with Crippen LogP contribution in [0.25, 0.3) is 5.69 Å². The van der Waals surface area contributed by atoms with E-state index in [1.807, 2.05) is 77.4 Å². The van der Waals surface area contributed by atoms with E-state index in [9.17, 15) is 9.59 Å². The zero-order valence-corrected chi connectivity index (χ0v) is 28.8. The number of para-hydroxylation sites is 2. The monoisotopic (exact) mass is 692 g/mol. The minimum Gasteiger partial charge on any atom is -0.497 e. The summed E-state index contributed by atoms with van der Waals surface area (Å²) < 4.78 is 23.8. The molecule has 12 nitrogen and oxygen atoms in total. The molecule has 0 saturated carbocycles. The van der Waals surface area contributed by atoms with Gasteiger partial charge in [0.05, 0.1) is 52.5 Å². The number of hydrogen-bond donors (Lipinski definition) is 1. The van der Waals surface area contributed by atoms with Gasteiger partial charge in [0.2, 0.25) is 0 Å². The third-order valence-corrected chi connectivity index (χ3v) is 9.07. The second-order valence-electron chi connectivity index (χ2n) is 11.1. The maximum atomic E-state index is 14.1. The number of methoxy groups -OCH3 is 4. The maximum Gasteiger partial charge on any atom is 0.253 e. The Morgan fingerprint density at radius 3 is 2.30 bits per heavy atom. The van der Waals surface area contributed by atoms with Gasteiger partial charge in [0.1, 0.15) is 11.5 Å². The molecule has 50 heavy (non-hydrogen) atoms. The third kappa shape index (κ3) is 7.27. The molecule has 0 spiro atoms. The van der Waals surface area contributed by atoms with Gasteiger partial charge in [-0.2, -0.15) is 5.10 Å². The molecule has 2 amide bonds. The van der Waals surface area contributed by atoms with E-state index in [0.29, 0.717) is 40.2 Å². The summed E-state index contributed by atoms with van der Waals surface area (Å²) in [5.41, 5.74) is 3.65. The van der Waals surface area contributed by atoms with Crippen molar-refractivity contribution in [3.05, 3.63) is 120 Å². The predicted octanol–water partition coefficient (Wildman–Crippen LogP) is 5.70. The van der Waals surface area contributed by atoms with Crippen LogP contribution in [0.1, 0.15) is 39.8 Å². The molecule has 4 aromatic carbocycles. The zero-order valence-electron chi connectivity index (χ0n) is 28.0. The molecule has 0 aliphatic carbocycles. The number of ether oxygens (including phenoxy) is 4. The van der Waals surface area contributed by atoms with Crippen LogP contribution in [0.2, 0.25) is 0 Å². The molecule has 0 bridgehead atoms. The smallest absolute Gasteiger partial charge is 0.253 e. The van der Waals surface area contributed by atoms with E-state index in [1.165, 1.54) is 16.8 Å². The summed E-state index contributed by atoms with van der Waals surface area (Å²) in [5, 5.41) is 18.6. The molecule has 256 valence electrons. The Labute approximate surface area is 294 Å². The Balaban J connectivity index is 1.26. The molecule has 5 aromatic rings. The van der Waals surface area contributed by atoms with Crippen LogP contribution in [-0.4, -0.2) is 71.5 Å². The van der Waals surface area contributed by atoms with Crippen molar-refractivity contribution in [3.63, 3.8) is 0 Å². The summed E-state index contributed by atoms with van der Waals surface area (Å²) >= 11 is 1.24. The van der Waals surface area contributed by atoms with E-state index in [-0.39, 0.29) is 24.1 Å². The highest BCUT2D eigenvalue weighted by atomic mass is 32.2. The number of carbonyl (C=O) groups excluding carboxylic acids is 2. The number of aromatic nitrogens is 3. The van der Waals surface area contributed by atoms with E-state index in [0.717, 1.165) is 28.3 Å². The van der Waals surface area contributed by atoms with Gasteiger partial charge in [-0.05, 0) is 66.2 Å². The Bertz CT molecular complexity index is 2000. The fraction of sp³-hybridized carbons (Fsp3) is 0.216. The second-order valence-corrected chi connectivity index (χ2v) is 12.0. The molecular formula is C37H36N6O6S. The molecule has 0 fully saturated rings. The highest BCUT2D eigenvalue weighted by molar-refractivity contribution is 7.99. The normalized spacial score (nSPS) is 13.8. The summed E-state index contributed by atoms with van der Waals surface area (Å²) in [7, 11) is 6.33. The molecule has 6 rings (SSSR count). The Kier molecular flexibility index (Phi) is 10.6. The van der Waals surface area contributed by atoms with Crippen molar-refractivity contribution in [1.82, 2.24) is 25.1 Å². The molecule has 2 heterocycles. The first-order chi connectivity index (χ1) is 24.4. The minimum absolute atomic E-state index is 0.0172. The molecule has 1 atom stereocenters. The maximum absolute atomic E-state index is 14.1. The quantitative estimate of drug-likeness (QED) is 0.155. The van der Waals surface area contributed by atoms with Crippen LogP contribution in [0.15, 0.2) is 107 Å². The number of thioether (sulfide) groups is 1. The highest BCUT2D eigenvalue weighted by Gasteiger charge is 2.36. The van der Waals surface area contributed by atoms with Crippen LogP contribution in [-0.2, 0) is 11.3 Å². The second kappa shape index (κ2) is 15.6. The summed E-state index contributed by atoms with van der Waals surface area (Å²) in [4.78, 5) is 27.1. The van der Waals surface area contributed by atoms with Gasteiger partial charge < -0.3 is 24.3 Å². The fourth-order valence-corrected chi connectivity index (χ4v) is 6.50. The van der Waals surface area contributed by atoms with Gasteiger partial charge in [-0.15, -0.1) is 10.2 Å². The van der Waals surface area contributed by atoms with Crippen LogP contribution in [0.5, 0.6) is 23.0 Å². The molecule has 0 unspecified atom stereocenters. The van der Waals surface area contributed by atoms with Crippen molar-refractivity contribution in [2.24, 2.45) is 5.10 Å². The number of nitrogens with one attached hydrogen (secondary N) is 1. The SMILES string of the molecule is COc1ccc(C2=NN(C(=O)CSc3nnc(CNC(=O)c4cccc(OC)c4)n3-c3ccccc3)[C@@H](c3cccc(OC)c3OC)C2)cc1. The van der Waals surface area contributed by atoms with Crippen LogP contribution in [0.3, 0.4) is 0 Å². The molecule has 0 saturated heterocycles. The topological polar surface area (TPSA) is 129 Å². The first-order valence-electron chi connectivity index (χ1n) is 15.7. The molecule has 13 heteroatoms. The van der Waals surface area contributed by atoms with Crippen LogP contribution < -0.4 is 24.3 Å². The Hall–Kier alpha value is -5.82. The molecule has 1 N–H and O–H groups in total. The molecule has 0 radical (unpaired) electrons.